The predicted octanol–water partition coefficient (Wildman–Crippen LogP) is 3.05. The van der Waals surface area contributed by atoms with Crippen molar-refractivity contribution >= 4 is 17.2 Å². The number of nitrogens with zero attached hydrogens (tertiary/aromatic N) is 2. The maximum absolute atomic E-state index is 12.4. The van der Waals surface area contributed by atoms with Crippen molar-refractivity contribution in [3.05, 3.63) is 52.5 Å². The molecule has 1 fully saturated rings. The molecule has 0 bridgehead atoms. The molecule has 1 amide bonds. The molecule has 0 saturated carbocycles. The molecular formula is C15H16N2OS. The first-order valence-electron chi connectivity index (χ1n) is 6.57. The summed E-state index contributed by atoms with van der Waals surface area (Å²) in [4.78, 5) is 19.9. The number of likely N-dealkylation sites (tertiary alicyclic amines) is 1. The van der Waals surface area contributed by atoms with Crippen molar-refractivity contribution in [2.24, 2.45) is 0 Å². The van der Waals surface area contributed by atoms with E-state index in [9.17, 15) is 4.79 Å². The van der Waals surface area contributed by atoms with Crippen LogP contribution in [0.5, 0.6) is 0 Å². The van der Waals surface area contributed by atoms with E-state index in [-0.39, 0.29) is 11.9 Å². The van der Waals surface area contributed by atoms with Gasteiger partial charge in [-0.3, -0.25) is 9.78 Å². The lowest BCUT2D eigenvalue weighted by Gasteiger charge is -2.24. The standard InChI is InChI=1S/C15H16N2OS/c18-15(11-12-5-4-10-19-12)17-9-3-7-14(17)13-6-1-2-8-16-13/h1-2,4-6,8,10,14H,3,7,9,11H2/t14-/m1/s1. The van der Waals surface area contributed by atoms with Crippen LogP contribution in [0.3, 0.4) is 0 Å². The number of hydrogen-bond donors (Lipinski definition) is 0. The van der Waals surface area contributed by atoms with Gasteiger partial charge < -0.3 is 4.90 Å². The van der Waals surface area contributed by atoms with Crippen LogP contribution in [0.25, 0.3) is 0 Å². The molecule has 3 nitrogen and oxygen atoms in total. The first-order chi connectivity index (χ1) is 9.34. The van der Waals surface area contributed by atoms with E-state index in [0.717, 1.165) is 30.0 Å². The van der Waals surface area contributed by atoms with Crippen LogP contribution in [-0.2, 0) is 11.2 Å². The number of pyridine rings is 1. The zero-order valence-corrected chi connectivity index (χ0v) is 11.5. The molecule has 0 radical (unpaired) electrons. The van der Waals surface area contributed by atoms with Crippen LogP contribution in [-0.4, -0.2) is 22.3 Å². The summed E-state index contributed by atoms with van der Waals surface area (Å²) >= 11 is 1.64. The highest BCUT2D eigenvalue weighted by Gasteiger charge is 2.30. The van der Waals surface area contributed by atoms with Crippen LogP contribution in [0.2, 0.25) is 0 Å². The zero-order valence-electron chi connectivity index (χ0n) is 10.7. The van der Waals surface area contributed by atoms with Crippen LogP contribution in [0.15, 0.2) is 41.9 Å². The smallest absolute Gasteiger partial charge is 0.228 e. The van der Waals surface area contributed by atoms with E-state index >= 15 is 0 Å². The molecule has 3 rings (SSSR count). The Morgan fingerprint density at radius 2 is 2.32 bits per heavy atom. The van der Waals surface area contributed by atoms with Crippen LogP contribution >= 0.6 is 11.3 Å². The number of amides is 1. The van der Waals surface area contributed by atoms with Crippen molar-refractivity contribution < 1.29 is 4.79 Å². The van der Waals surface area contributed by atoms with Crippen LogP contribution in [0.1, 0.15) is 29.5 Å². The first-order valence-corrected chi connectivity index (χ1v) is 7.45. The SMILES string of the molecule is O=C(Cc1cccs1)N1CCC[C@@H]1c1ccccn1. The van der Waals surface area contributed by atoms with E-state index in [1.807, 2.05) is 40.6 Å². The molecular weight excluding hydrogens is 256 g/mol. The fourth-order valence-corrected chi connectivity index (χ4v) is 3.31. The van der Waals surface area contributed by atoms with Crippen LogP contribution < -0.4 is 0 Å². The molecule has 1 saturated heterocycles. The summed E-state index contributed by atoms with van der Waals surface area (Å²) in [5, 5.41) is 2.02. The molecule has 0 N–H and O–H groups in total. The van der Waals surface area contributed by atoms with Gasteiger partial charge in [0.1, 0.15) is 0 Å². The van der Waals surface area contributed by atoms with Crippen molar-refractivity contribution in [3.63, 3.8) is 0 Å². The maximum atomic E-state index is 12.4. The highest BCUT2D eigenvalue weighted by molar-refractivity contribution is 7.10. The fraction of sp³-hybridized carbons (Fsp3) is 0.333. The quantitative estimate of drug-likeness (QED) is 0.860. The Hall–Kier alpha value is -1.68. The van der Waals surface area contributed by atoms with Gasteiger partial charge in [-0.15, -0.1) is 11.3 Å². The summed E-state index contributed by atoms with van der Waals surface area (Å²) in [6.45, 7) is 0.853. The van der Waals surface area contributed by atoms with E-state index in [0.29, 0.717) is 6.42 Å². The third-order valence-corrected chi connectivity index (χ3v) is 4.38. The van der Waals surface area contributed by atoms with Gasteiger partial charge in [-0.1, -0.05) is 12.1 Å². The van der Waals surface area contributed by atoms with Gasteiger partial charge in [-0.2, -0.15) is 0 Å². The van der Waals surface area contributed by atoms with Crippen molar-refractivity contribution in [2.75, 3.05) is 6.54 Å². The van der Waals surface area contributed by atoms with E-state index in [1.54, 1.807) is 17.5 Å². The van der Waals surface area contributed by atoms with Crippen LogP contribution in [0.4, 0.5) is 0 Å². The second-order valence-corrected chi connectivity index (χ2v) is 5.79. The molecule has 2 aromatic rings. The van der Waals surface area contributed by atoms with Gasteiger partial charge in [0, 0.05) is 17.6 Å². The van der Waals surface area contributed by atoms with Crippen LogP contribution in [0, 0.1) is 0 Å². The van der Waals surface area contributed by atoms with Gasteiger partial charge in [0.05, 0.1) is 18.2 Å². The number of hydrogen-bond acceptors (Lipinski definition) is 3. The van der Waals surface area contributed by atoms with E-state index < -0.39 is 0 Å². The summed E-state index contributed by atoms with van der Waals surface area (Å²) in [7, 11) is 0. The molecule has 19 heavy (non-hydrogen) atoms. The summed E-state index contributed by atoms with van der Waals surface area (Å²) < 4.78 is 0. The highest BCUT2D eigenvalue weighted by Crippen LogP contribution is 2.31. The normalized spacial score (nSPS) is 18.7. The molecule has 98 valence electrons. The molecule has 0 spiro atoms. The average Bonchev–Trinajstić information content (AvgIpc) is 3.10. The molecule has 2 aromatic heterocycles. The monoisotopic (exact) mass is 272 g/mol. The lowest BCUT2D eigenvalue weighted by Crippen LogP contribution is -2.32. The lowest BCUT2D eigenvalue weighted by atomic mass is 10.1. The third-order valence-electron chi connectivity index (χ3n) is 3.51. The fourth-order valence-electron chi connectivity index (χ4n) is 2.61. The molecule has 0 aliphatic carbocycles. The molecule has 1 aliphatic heterocycles. The Morgan fingerprint density at radius 1 is 1.37 bits per heavy atom. The lowest BCUT2D eigenvalue weighted by molar-refractivity contribution is -0.131. The highest BCUT2D eigenvalue weighted by atomic mass is 32.1. The van der Waals surface area contributed by atoms with Gasteiger partial charge >= 0.3 is 0 Å². The molecule has 0 aromatic carbocycles. The van der Waals surface area contributed by atoms with Gasteiger partial charge in [0.2, 0.25) is 5.91 Å². The summed E-state index contributed by atoms with van der Waals surface area (Å²) in [6.07, 6.45) is 4.40. The topological polar surface area (TPSA) is 33.2 Å². The van der Waals surface area contributed by atoms with E-state index in [1.165, 1.54) is 0 Å². The summed E-state index contributed by atoms with van der Waals surface area (Å²) in [5.74, 6) is 0.218. The number of thiophene rings is 1. The predicted molar refractivity (Wildman–Crippen MR) is 75.9 cm³/mol. The first kappa shape index (κ1) is 12.4. The molecule has 1 aliphatic rings. The van der Waals surface area contributed by atoms with Gasteiger partial charge in [-0.25, -0.2) is 0 Å². The van der Waals surface area contributed by atoms with E-state index in [4.69, 9.17) is 0 Å². The van der Waals surface area contributed by atoms with Crippen molar-refractivity contribution in [3.8, 4) is 0 Å². The second-order valence-electron chi connectivity index (χ2n) is 4.76. The number of aromatic nitrogens is 1. The Kier molecular flexibility index (Phi) is 3.60. The average molecular weight is 272 g/mol. The molecule has 1 atom stereocenters. The largest absolute Gasteiger partial charge is 0.334 e. The molecule has 4 heteroatoms. The Morgan fingerprint density at radius 3 is 3.05 bits per heavy atom. The van der Waals surface area contributed by atoms with Crippen molar-refractivity contribution in [1.82, 2.24) is 9.88 Å². The zero-order chi connectivity index (χ0) is 13.1. The minimum atomic E-state index is 0.161. The summed E-state index contributed by atoms with van der Waals surface area (Å²) in [6, 6.07) is 10.1. The number of rotatable bonds is 3. The Labute approximate surface area is 116 Å². The van der Waals surface area contributed by atoms with Crippen molar-refractivity contribution in [2.45, 2.75) is 25.3 Å². The van der Waals surface area contributed by atoms with Gasteiger partial charge in [-0.05, 0) is 36.4 Å². The maximum Gasteiger partial charge on any atom is 0.228 e. The summed E-state index contributed by atoms with van der Waals surface area (Å²) in [5.41, 5.74) is 1.01. The second kappa shape index (κ2) is 5.53. The van der Waals surface area contributed by atoms with Crippen molar-refractivity contribution in [1.29, 1.82) is 0 Å². The number of carbonyl (C=O) groups is 1. The minimum Gasteiger partial charge on any atom is -0.334 e. The Bertz CT molecular complexity index is 539. The number of carbonyl (C=O) groups excluding carboxylic acids is 1. The van der Waals surface area contributed by atoms with Gasteiger partial charge in [0.25, 0.3) is 0 Å². The minimum absolute atomic E-state index is 0.161. The Balaban J connectivity index is 1.74. The van der Waals surface area contributed by atoms with Gasteiger partial charge in [0.15, 0.2) is 0 Å². The van der Waals surface area contributed by atoms with E-state index in [2.05, 4.69) is 4.98 Å². The molecule has 3 heterocycles. The third kappa shape index (κ3) is 2.68. The molecule has 0 unspecified atom stereocenters.